The number of methoxy groups -OCH3 is 1. The minimum absolute atomic E-state index is 0.130. The molecule has 0 N–H and O–H groups in total. The lowest BCUT2D eigenvalue weighted by molar-refractivity contribution is 0.0359. The van der Waals surface area contributed by atoms with Gasteiger partial charge in [0.25, 0.3) is 5.91 Å². The Morgan fingerprint density at radius 2 is 1.82 bits per heavy atom. The molecule has 1 aliphatic heterocycles. The molecule has 3 rings (SSSR count). The third-order valence-corrected chi connectivity index (χ3v) is 6.59. The van der Waals surface area contributed by atoms with Gasteiger partial charge in [0, 0.05) is 32.3 Å². The van der Waals surface area contributed by atoms with Gasteiger partial charge in [-0.2, -0.15) is 9.57 Å². The molecule has 1 amide bonds. The van der Waals surface area contributed by atoms with Gasteiger partial charge in [-0.15, -0.1) is 0 Å². The summed E-state index contributed by atoms with van der Waals surface area (Å²) in [6, 6.07) is 16.3. The molecule has 0 radical (unpaired) electrons. The Morgan fingerprint density at radius 1 is 1.14 bits per heavy atom. The molecule has 0 spiro atoms. The van der Waals surface area contributed by atoms with Gasteiger partial charge in [0.1, 0.15) is 0 Å². The summed E-state index contributed by atoms with van der Waals surface area (Å²) in [5, 5.41) is 8.89. The first-order chi connectivity index (χ1) is 13.5. The predicted molar refractivity (Wildman–Crippen MR) is 103 cm³/mol. The Balaban J connectivity index is 1.81. The van der Waals surface area contributed by atoms with Gasteiger partial charge in [-0.25, -0.2) is 8.42 Å². The maximum atomic E-state index is 13.0. The van der Waals surface area contributed by atoms with Crippen LogP contribution in [0.2, 0.25) is 0 Å². The van der Waals surface area contributed by atoms with E-state index >= 15 is 0 Å². The van der Waals surface area contributed by atoms with Crippen LogP contribution >= 0.6 is 0 Å². The van der Waals surface area contributed by atoms with Crippen LogP contribution in [0.4, 0.5) is 0 Å². The van der Waals surface area contributed by atoms with Crippen molar-refractivity contribution in [1.29, 1.82) is 5.26 Å². The molecule has 0 bridgehead atoms. The molecule has 1 heterocycles. The van der Waals surface area contributed by atoms with Crippen LogP contribution in [-0.2, 0) is 14.8 Å². The van der Waals surface area contributed by atoms with E-state index in [0.29, 0.717) is 11.1 Å². The van der Waals surface area contributed by atoms with E-state index in [-0.39, 0.29) is 43.1 Å². The lowest BCUT2D eigenvalue weighted by Crippen LogP contribution is -2.57. The maximum Gasteiger partial charge on any atom is 0.254 e. The van der Waals surface area contributed by atoms with Crippen LogP contribution in [0.3, 0.4) is 0 Å². The number of benzene rings is 2. The molecular formula is C20H21N3O4S. The third-order valence-electron chi connectivity index (χ3n) is 4.71. The van der Waals surface area contributed by atoms with Crippen molar-refractivity contribution in [2.75, 3.05) is 33.4 Å². The summed E-state index contributed by atoms with van der Waals surface area (Å²) in [6.07, 6.45) is 0. The van der Waals surface area contributed by atoms with E-state index in [9.17, 15) is 13.2 Å². The van der Waals surface area contributed by atoms with E-state index in [4.69, 9.17) is 10.00 Å². The second-order valence-electron chi connectivity index (χ2n) is 6.47. The SMILES string of the molecule is COC[C@@H]1CN(S(=O)(=O)c2ccc(C#N)cc2)CCN1C(=O)c1ccccc1. The number of nitrogens with zero attached hydrogens (tertiary/aromatic N) is 3. The summed E-state index contributed by atoms with van der Waals surface area (Å²) >= 11 is 0. The topological polar surface area (TPSA) is 90.7 Å². The van der Waals surface area contributed by atoms with Crippen LogP contribution in [0.5, 0.6) is 0 Å². The number of amides is 1. The Kier molecular flexibility index (Phi) is 6.09. The average Bonchev–Trinajstić information content (AvgIpc) is 2.74. The molecule has 8 heteroatoms. The zero-order valence-corrected chi connectivity index (χ0v) is 16.3. The van der Waals surface area contributed by atoms with Crippen LogP contribution in [0, 0.1) is 11.3 Å². The summed E-state index contributed by atoms with van der Waals surface area (Å²) in [7, 11) is -2.19. The first kappa shape index (κ1) is 20.0. The smallest absolute Gasteiger partial charge is 0.254 e. The first-order valence-electron chi connectivity index (χ1n) is 8.82. The van der Waals surface area contributed by atoms with Crippen molar-refractivity contribution < 1.29 is 17.9 Å². The minimum atomic E-state index is -3.72. The zero-order valence-electron chi connectivity index (χ0n) is 15.5. The van der Waals surface area contributed by atoms with Crippen LogP contribution in [0.25, 0.3) is 0 Å². The molecule has 0 aromatic heterocycles. The largest absolute Gasteiger partial charge is 0.382 e. The molecule has 0 unspecified atom stereocenters. The molecular weight excluding hydrogens is 378 g/mol. The van der Waals surface area contributed by atoms with Crippen molar-refractivity contribution in [2.24, 2.45) is 0 Å². The predicted octanol–water partition coefficient (Wildman–Crippen LogP) is 1.72. The van der Waals surface area contributed by atoms with Crippen molar-refractivity contribution in [2.45, 2.75) is 10.9 Å². The van der Waals surface area contributed by atoms with E-state index in [0.717, 1.165) is 0 Å². The highest BCUT2D eigenvalue weighted by atomic mass is 32.2. The highest BCUT2D eigenvalue weighted by Crippen LogP contribution is 2.22. The molecule has 7 nitrogen and oxygen atoms in total. The van der Waals surface area contributed by atoms with E-state index < -0.39 is 10.0 Å². The van der Waals surface area contributed by atoms with E-state index in [1.54, 1.807) is 29.2 Å². The molecule has 1 atom stereocenters. The van der Waals surface area contributed by atoms with Gasteiger partial charge < -0.3 is 9.64 Å². The minimum Gasteiger partial charge on any atom is -0.382 e. The van der Waals surface area contributed by atoms with E-state index in [1.807, 2.05) is 12.1 Å². The third kappa shape index (κ3) is 4.07. The van der Waals surface area contributed by atoms with Gasteiger partial charge >= 0.3 is 0 Å². The molecule has 2 aromatic carbocycles. The Bertz CT molecular complexity index is 969. The van der Waals surface area contributed by atoms with Crippen molar-refractivity contribution in [3.63, 3.8) is 0 Å². The molecule has 1 fully saturated rings. The summed E-state index contributed by atoms with van der Waals surface area (Å²) in [4.78, 5) is 14.7. The Labute approximate surface area is 164 Å². The first-order valence-corrected chi connectivity index (χ1v) is 10.3. The number of rotatable bonds is 5. The molecule has 2 aromatic rings. The number of sulfonamides is 1. The fourth-order valence-corrected chi connectivity index (χ4v) is 4.71. The lowest BCUT2D eigenvalue weighted by Gasteiger charge is -2.40. The van der Waals surface area contributed by atoms with Crippen LogP contribution in [-0.4, -0.2) is 62.9 Å². The Hall–Kier alpha value is -2.73. The fraction of sp³-hybridized carbons (Fsp3) is 0.300. The number of nitriles is 1. The number of hydrogen-bond acceptors (Lipinski definition) is 5. The number of carbonyl (C=O) groups is 1. The lowest BCUT2D eigenvalue weighted by atomic mass is 10.1. The highest BCUT2D eigenvalue weighted by Gasteiger charge is 2.36. The molecule has 146 valence electrons. The van der Waals surface area contributed by atoms with Crippen molar-refractivity contribution in [3.8, 4) is 6.07 Å². The van der Waals surface area contributed by atoms with Crippen molar-refractivity contribution in [1.82, 2.24) is 9.21 Å². The van der Waals surface area contributed by atoms with Gasteiger partial charge in [-0.3, -0.25) is 4.79 Å². The molecule has 0 aliphatic carbocycles. The monoisotopic (exact) mass is 399 g/mol. The van der Waals surface area contributed by atoms with E-state index in [1.165, 1.54) is 35.7 Å². The molecule has 1 aliphatic rings. The van der Waals surface area contributed by atoms with E-state index in [2.05, 4.69) is 0 Å². The van der Waals surface area contributed by atoms with Gasteiger partial charge in [0.15, 0.2) is 0 Å². The second-order valence-corrected chi connectivity index (χ2v) is 8.41. The van der Waals surface area contributed by atoms with Crippen LogP contribution in [0.1, 0.15) is 15.9 Å². The highest BCUT2D eigenvalue weighted by molar-refractivity contribution is 7.89. The van der Waals surface area contributed by atoms with Gasteiger partial charge in [0.2, 0.25) is 10.0 Å². The quantitative estimate of drug-likeness (QED) is 0.764. The summed E-state index contributed by atoms with van der Waals surface area (Å²) in [6.45, 7) is 0.852. The fourth-order valence-electron chi connectivity index (χ4n) is 3.24. The van der Waals surface area contributed by atoms with Gasteiger partial charge in [-0.05, 0) is 36.4 Å². The number of hydrogen-bond donors (Lipinski definition) is 0. The second kappa shape index (κ2) is 8.52. The number of ether oxygens (including phenoxy) is 1. The molecule has 28 heavy (non-hydrogen) atoms. The van der Waals surface area contributed by atoms with Crippen molar-refractivity contribution in [3.05, 3.63) is 65.7 Å². The van der Waals surface area contributed by atoms with Crippen LogP contribution < -0.4 is 0 Å². The van der Waals surface area contributed by atoms with Crippen molar-refractivity contribution >= 4 is 15.9 Å². The van der Waals surface area contributed by atoms with Crippen LogP contribution in [0.15, 0.2) is 59.5 Å². The Morgan fingerprint density at radius 3 is 2.43 bits per heavy atom. The average molecular weight is 399 g/mol. The van der Waals surface area contributed by atoms with Gasteiger partial charge in [0.05, 0.1) is 29.2 Å². The normalized spacial score (nSPS) is 17.9. The number of piperazine rings is 1. The number of carbonyl (C=O) groups excluding carboxylic acids is 1. The summed E-state index contributed by atoms with van der Waals surface area (Å²) in [5.41, 5.74) is 0.960. The zero-order chi connectivity index (χ0) is 20.1. The summed E-state index contributed by atoms with van der Waals surface area (Å²) < 4.78 is 32.6. The summed E-state index contributed by atoms with van der Waals surface area (Å²) in [5.74, 6) is -0.141. The molecule has 1 saturated heterocycles. The molecule has 0 saturated carbocycles. The maximum absolute atomic E-state index is 13.0. The van der Waals surface area contributed by atoms with Gasteiger partial charge in [-0.1, -0.05) is 18.2 Å². The standard InChI is InChI=1S/C20H21N3O4S/c1-27-15-18-14-22(28(25,26)19-9-7-16(13-21)8-10-19)11-12-23(18)20(24)17-5-3-2-4-6-17/h2-10,18H,11-12,14-15H2,1H3/t18-/m0/s1.